The lowest BCUT2D eigenvalue weighted by molar-refractivity contribution is 0.191. The summed E-state index contributed by atoms with van der Waals surface area (Å²) in [6.07, 6.45) is 2.56. The van der Waals surface area contributed by atoms with Gasteiger partial charge in [-0.3, -0.25) is 0 Å². The van der Waals surface area contributed by atoms with Crippen molar-refractivity contribution in [3.8, 4) is 0 Å². The molecule has 2 heteroatoms. The maximum Gasteiger partial charge on any atom is 0.00414 e. The topological polar surface area (TPSA) is 15.3 Å². The lowest BCUT2D eigenvalue weighted by atomic mass is 9.85. The molecule has 0 amide bonds. The molecular formula is C12H28N2. The first-order valence-electron chi connectivity index (χ1n) is 5.78. The zero-order valence-corrected chi connectivity index (χ0v) is 10.9. The Morgan fingerprint density at radius 2 is 1.86 bits per heavy atom. The zero-order valence-electron chi connectivity index (χ0n) is 10.9. The van der Waals surface area contributed by atoms with Crippen molar-refractivity contribution in [3.63, 3.8) is 0 Å². The van der Waals surface area contributed by atoms with Gasteiger partial charge in [0, 0.05) is 19.1 Å². The van der Waals surface area contributed by atoms with E-state index in [4.69, 9.17) is 0 Å². The van der Waals surface area contributed by atoms with Gasteiger partial charge in [-0.15, -0.1) is 0 Å². The molecule has 86 valence electrons. The highest BCUT2D eigenvalue weighted by Gasteiger charge is 2.23. The van der Waals surface area contributed by atoms with Gasteiger partial charge in [-0.05, 0) is 25.9 Å². The Balaban J connectivity index is 4.08. The Bertz CT molecular complexity index is 143. The molecule has 14 heavy (non-hydrogen) atoms. The minimum atomic E-state index is 0.419. The summed E-state index contributed by atoms with van der Waals surface area (Å²) in [6.45, 7) is 11.4. The van der Waals surface area contributed by atoms with E-state index in [0.717, 1.165) is 6.54 Å². The smallest absolute Gasteiger partial charge is 0.00414 e. The number of nitrogens with zero attached hydrogens (tertiary/aromatic N) is 1. The molecule has 0 aromatic rings. The first kappa shape index (κ1) is 13.9. The van der Waals surface area contributed by atoms with Gasteiger partial charge in [0.05, 0.1) is 0 Å². The van der Waals surface area contributed by atoms with Gasteiger partial charge >= 0.3 is 0 Å². The largest absolute Gasteiger partial charge is 0.314 e. The summed E-state index contributed by atoms with van der Waals surface area (Å²) in [5.74, 6) is 0. The van der Waals surface area contributed by atoms with E-state index >= 15 is 0 Å². The van der Waals surface area contributed by atoms with Crippen LogP contribution < -0.4 is 5.32 Å². The molecule has 0 saturated heterocycles. The monoisotopic (exact) mass is 200 g/mol. The van der Waals surface area contributed by atoms with Crippen LogP contribution in [0.25, 0.3) is 0 Å². The number of hydrogen-bond donors (Lipinski definition) is 1. The van der Waals surface area contributed by atoms with Gasteiger partial charge in [0.25, 0.3) is 0 Å². The Hall–Kier alpha value is -0.0800. The van der Waals surface area contributed by atoms with Crippen molar-refractivity contribution >= 4 is 0 Å². The Morgan fingerprint density at radius 3 is 2.21 bits per heavy atom. The maximum atomic E-state index is 3.55. The Kier molecular flexibility index (Phi) is 6.38. The van der Waals surface area contributed by atoms with Crippen LogP contribution in [0, 0.1) is 5.41 Å². The summed E-state index contributed by atoms with van der Waals surface area (Å²) in [5, 5.41) is 3.55. The summed E-state index contributed by atoms with van der Waals surface area (Å²) in [4.78, 5) is 2.29. The van der Waals surface area contributed by atoms with Crippen LogP contribution in [-0.4, -0.2) is 38.1 Å². The number of nitrogens with one attached hydrogen (secondary N) is 1. The lowest BCUT2D eigenvalue weighted by Gasteiger charge is -2.33. The number of hydrogen-bond acceptors (Lipinski definition) is 2. The summed E-state index contributed by atoms with van der Waals surface area (Å²) in [5.41, 5.74) is 0.419. The summed E-state index contributed by atoms with van der Waals surface area (Å²) < 4.78 is 0. The molecule has 0 rings (SSSR count). The molecule has 2 nitrogen and oxygen atoms in total. The van der Waals surface area contributed by atoms with Gasteiger partial charge in [-0.1, -0.05) is 34.1 Å². The molecule has 1 N–H and O–H groups in total. The molecule has 1 atom stereocenters. The van der Waals surface area contributed by atoms with Crippen molar-refractivity contribution in [2.24, 2.45) is 5.41 Å². The van der Waals surface area contributed by atoms with Gasteiger partial charge < -0.3 is 10.2 Å². The lowest BCUT2D eigenvalue weighted by Crippen LogP contribution is -2.41. The highest BCUT2D eigenvalue weighted by atomic mass is 15.1. The van der Waals surface area contributed by atoms with E-state index in [1.165, 1.54) is 19.4 Å². The van der Waals surface area contributed by atoms with Crippen molar-refractivity contribution in [2.75, 3.05) is 27.2 Å². The molecule has 0 aromatic carbocycles. The second-order valence-corrected chi connectivity index (χ2v) is 5.33. The quantitative estimate of drug-likeness (QED) is 0.678. The molecule has 0 spiro atoms. The van der Waals surface area contributed by atoms with E-state index in [2.05, 4.69) is 52.0 Å². The van der Waals surface area contributed by atoms with Crippen LogP contribution in [0.2, 0.25) is 0 Å². The van der Waals surface area contributed by atoms with Crippen molar-refractivity contribution in [1.82, 2.24) is 10.2 Å². The van der Waals surface area contributed by atoms with E-state index in [-0.39, 0.29) is 0 Å². The predicted molar refractivity (Wildman–Crippen MR) is 64.7 cm³/mol. The Morgan fingerprint density at radius 1 is 1.29 bits per heavy atom. The van der Waals surface area contributed by atoms with E-state index in [9.17, 15) is 0 Å². The fourth-order valence-corrected chi connectivity index (χ4v) is 2.04. The average Bonchev–Trinajstić information content (AvgIpc) is 2.00. The maximum absolute atomic E-state index is 3.55. The molecule has 0 heterocycles. The van der Waals surface area contributed by atoms with Crippen molar-refractivity contribution < 1.29 is 0 Å². The van der Waals surface area contributed by atoms with Crippen LogP contribution in [-0.2, 0) is 0 Å². The molecule has 0 aliphatic rings. The minimum absolute atomic E-state index is 0.419. The second-order valence-electron chi connectivity index (χ2n) is 5.33. The molecule has 0 bridgehead atoms. The third-order valence-corrected chi connectivity index (χ3v) is 2.49. The summed E-state index contributed by atoms with van der Waals surface area (Å²) >= 11 is 0. The second kappa shape index (κ2) is 6.41. The molecule has 0 aliphatic carbocycles. The SMILES string of the molecule is CCCC(C)(CNC(C)C)CN(C)C. The highest BCUT2D eigenvalue weighted by Crippen LogP contribution is 2.23. The first-order valence-corrected chi connectivity index (χ1v) is 5.78. The van der Waals surface area contributed by atoms with Crippen molar-refractivity contribution in [1.29, 1.82) is 0 Å². The van der Waals surface area contributed by atoms with E-state index in [1.54, 1.807) is 0 Å². The summed E-state index contributed by atoms with van der Waals surface area (Å²) in [7, 11) is 4.31. The van der Waals surface area contributed by atoms with E-state index in [0.29, 0.717) is 11.5 Å². The molecule has 0 saturated carbocycles. The van der Waals surface area contributed by atoms with Gasteiger partial charge in [0.15, 0.2) is 0 Å². The van der Waals surface area contributed by atoms with Crippen LogP contribution in [0.4, 0.5) is 0 Å². The molecule has 0 aromatic heterocycles. The van der Waals surface area contributed by atoms with Crippen LogP contribution >= 0.6 is 0 Å². The van der Waals surface area contributed by atoms with Crippen molar-refractivity contribution in [2.45, 2.75) is 46.6 Å². The van der Waals surface area contributed by atoms with E-state index < -0.39 is 0 Å². The molecule has 1 unspecified atom stereocenters. The number of rotatable bonds is 7. The zero-order chi connectivity index (χ0) is 11.2. The minimum Gasteiger partial charge on any atom is -0.314 e. The Labute approximate surface area is 90.1 Å². The summed E-state index contributed by atoms with van der Waals surface area (Å²) in [6, 6.07) is 0.591. The first-order chi connectivity index (χ1) is 6.39. The van der Waals surface area contributed by atoms with Gasteiger partial charge in [-0.2, -0.15) is 0 Å². The van der Waals surface area contributed by atoms with Crippen LogP contribution in [0.3, 0.4) is 0 Å². The van der Waals surface area contributed by atoms with Crippen LogP contribution in [0.5, 0.6) is 0 Å². The van der Waals surface area contributed by atoms with Crippen LogP contribution in [0.1, 0.15) is 40.5 Å². The molecule has 0 aliphatic heterocycles. The third-order valence-electron chi connectivity index (χ3n) is 2.49. The average molecular weight is 200 g/mol. The van der Waals surface area contributed by atoms with Crippen LogP contribution in [0.15, 0.2) is 0 Å². The fraction of sp³-hybridized carbons (Fsp3) is 1.00. The molecule has 0 radical (unpaired) electrons. The van der Waals surface area contributed by atoms with Gasteiger partial charge in [0.1, 0.15) is 0 Å². The van der Waals surface area contributed by atoms with Crippen molar-refractivity contribution in [3.05, 3.63) is 0 Å². The standard InChI is InChI=1S/C12H28N2/c1-7-8-12(4,10-14(5)6)9-13-11(2)3/h11,13H,7-10H2,1-6H3. The predicted octanol–water partition coefficient (Wildman–Crippen LogP) is 2.35. The van der Waals surface area contributed by atoms with Gasteiger partial charge in [0.2, 0.25) is 0 Å². The fourth-order valence-electron chi connectivity index (χ4n) is 2.04. The third kappa shape index (κ3) is 6.39. The molecular weight excluding hydrogens is 172 g/mol. The highest BCUT2D eigenvalue weighted by molar-refractivity contribution is 4.79. The molecule has 0 fully saturated rings. The van der Waals surface area contributed by atoms with E-state index in [1.807, 2.05) is 0 Å². The van der Waals surface area contributed by atoms with Gasteiger partial charge in [-0.25, -0.2) is 0 Å². The normalized spacial score (nSPS) is 16.3.